The highest BCUT2D eigenvalue weighted by Crippen LogP contribution is 2.15. The predicted octanol–water partition coefficient (Wildman–Crippen LogP) is 1.43. The van der Waals surface area contributed by atoms with Crippen molar-refractivity contribution in [3.63, 3.8) is 0 Å². The zero-order chi connectivity index (χ0) is 19.7. The first-order valence-corrected chi connectivity index (χ1v) is 9.31. The summed E-state index contributed by atoms with van der Waals surface area (Å²) in [5.74, 6) is -0.116. The van der Waals surface area contributed by atoms with E-state index in [2.05, 4.69) is 39.7 Å². The molecule has 1 aromatic rings. The Morgan fingerprint density at radius 3 is 2.70 bits per heavy atom. The lowest BCUT2D eigenvalue weighted by Gasteiger charge is -2.41. The number of hydrogen-bond donors (Lipinski definition) is 3. The largest absolute Gasteiger partial charge is 0.379 e. The van der Waals surface area contributed by atoms with Crippen LogP contribution in [0.3, 0.4) is 0 Å². The van der Waals surface area contributed by atoms with Crippen LogP contribution in [0.1, 0.15) is 20.8 Å². The number of morpholine rings is 1. The third-order valence-electron chi connectivity index (χ3n) is 4.39. The van der Waals surface area contributed by atoms with Crippen molar-refractivity contribution in [1.82, 2.24) is 15.5 Å². The maximum atomic E-state index is 13.2. The van der Waals surface area contributed by atoms with Crippen LogP contribution in [0.5, 0.6) is 0 Å². The fraction of sp³-hybridized carbons (Fsp3) is 0.579. The van der Waals surface area contributed by atoms with E-state index in [9.17, 15) is 9.18 Å². The van der Waals surface area contributed by atoms with E-state index in [-0.39, 0.29) is 18.0 Å². The van der Waals surface area contributed by atoms with Gasteiger partial charge in [0.25, 0.3) is 0 Å². The van der Waals surface area contributed by atoms with Gasteiger partial charge in [-0.1, -0.05) is 6.07 Å². The van der Waals surface area contributed by atoms with Crippen LogP contribution in [0.15, 0.2) is 29.3 Å². The van der Waals surface area contributed by atoms with Crippen LogP contribution in [0.4, 0.5) is 10.1 Å². The summed E-state index contributed by atoms with van der Waals surface area (Å²) in [7, 11) is 0. The summed E-state index contributed by atoms with van der Waals surface area (Å²) in [4.78, 5) is 18.8. The van der Waals surface area contributed by atoms with Crippen LogP contribution >= 0.6 is 0 Å². The molecule has 8 heteroatoms. The lowest BCUT2D eigenvalue weighted by Crippen LogP contribution is -2.56. The molecule has 2 rings (SSSR count). The fourth-order valence-corrected chi connectivity index (χ4v) is 2.84. The molecule has 27 heavy (non-hydrogen) atoms. The minimum absolute atomic E-state index is 0.0518. The van der Waals surface area contributed by atoms with E-state index in [0.29, 0.717) is 24.7 Å². The smallest absolute Gasteiger partial charge is 0.246 e. The SMILES string of the molecule is CCNC(=NCC(=O)Nc1cccc(F)c1)NCC(C)(C)N1CCOCC1. The van der Waals surface area contributed by atoms with E-state index in [4.69, 9.17) is 4.74 Å². The minimum atomic E-state index is -0.392. The third kappa shape index (κ3) is 7.15. The maximum Gasteiger partial charge on any atom is 0.246 e. The Morgan fingerprint density at radius 1 is 1.30 bits per heavy atom. The topological polar surface area (TPSA) is 78.0 Å². The highest BCUT2D eigenvalue weighted by molar-refractivity contribution is 5.94. The Balaban J connectivity index is 1.88. The van der Waals surface area contributed by atoms with Gasteiger partial charge in [0.15, 0.2) is 5.96 Å². The molecule has 1 aliphatic heterocycles. The molecule has 0 unspecified atom stereocenters. The van der Waals surface area contributed by atoms with Crippen LogP contribution in [-0.2, 0) is 9.53 Å². The van der Waals surface area contributed by atoms with Gasteiger partial charge in [-0.25, -0.2) is 9.38 Å². The molecule has 1 saturated heterocycles. The number of nitrogens with one attached hydrogen (secondary N) is 3. The van der Waals surface area contributed by atoms with E-state index in [0.717, 1.165) is 26.3 Å². The van der Waals surface area contributed by atoms with Crippen molar-refractivity contribution in [2.75, 3.05) is 51.3 Å². The molecule has 1 amide bonds. The quantitative estimate of drug-likeness (QED) is 0.494. The number of anilines is 1. The summed E-state index contributed by atoms with van der Waals surface area (Å²) in [6.07, 6.45) is 0. The molecule has 1 fully saturated rings. The molecule has 0 aromatic heterocycles. The number of halogens is 1. The molecule has 0 bridgehead atoms. The molecule has 0 saturated carbocycles. The Morgan fingerprint density at radius 2 is 2.04 bits per heavy atom. The first-order valence-electron chi connectivity index (χ1n) is 9.31. The summed E-state index contributed by atoms with van der Waals surface area (Å²) in [5.41, 5.74) is 0.352. The van der Waals surface area contributed by atoms with Crippen LogP contribution < -0.4 is 16.0 Å². The Hall–Kier alpha value is -2.19. The summed E-state index contributed by atoms with van der Waals surface area (Å²) in [6, 6.07) is 5.79. The van der Waals surface area contributed by atoms with Crippen molar-refractivity contribution in [2.45, 2.75) is 26.3 Å². The average molecular weight is 379 g/mol. The molecule has 0 aliphatic carbocycles. The van der Waals surface area contributed by atoms with Crippen molar-refractivity contribution >= 4 is 17.6 Å². The lowest BCUT2D eigenvalue weighted by molar-refractivity contribution is -0.114. The molecule has 7 nitrogen and oxygen atoms in total. The van der Waals surface area contributed by atoms with Crippen molar-refractivity contribution < 1.29 is 13.9 Å². The maximum absolute atomic E-state index is 13.2. The number of hydrogen-bond acceptors (Lipinski definition) is 4. The number of carbonyl (C=O) groups excluding carboxylic acids is 1. The molecule has 1 aromatic carbocycles. The number of carbonyl (C=O) groups is 1. The zero-order valence-electron chi connectivity index (χ0n) is 16.3. The third-order valence-corrected chi connectivity index (χ3v) is 4.39. The lowest BCUT2D eigenvalue weighted by atomic mass is 10.0. The van der Waals surface area contributed by atoms with Crippen LogP contribution in [-0.4, -0.2) is 68.2 Å². The van der Waals surface area contributed by atoms with Crippen LogP contribution in [0, 0.1) is 5.82 Å². The van der Waals surface area contributed by atoms with Crippen molar-refractivity contribution in [2.24, 2.45) is 4.99 Å². The van der Waals surface area contributed by atoms with Crippen molar-refractivity contribution in [3.8, 4) is 0 Å². The number of ether oxygens (including phenoxy) is 1. The molecule has 0 spiro atoms. The second-order valence-electron chi connectivity index (χ2n) is 7.02. The first-order chi connectivity index (χ1) is 12.9. The predicted molar refractivity (Wildman–Crippen MR) is 105 cm³/mol. The number of rotatable bonds is 7. The summed E-state index contributed by atoms with van der Waals surface area (Å²) < 4.78 is 18.6. The van der Waals surface area contributed by atoms with E-state index in [1.807, 2.05) is 6.92 Å². The zero-order valence-corrected chi connectivity index (χ0v) is 16.3. The number of aliphatic imine (C=N–C) groups is 1. The number of nitrogens with zero attached hydrogens (tertiary/aromatic N) is 2. The molecular weight excluding hydrogens is 349 g/mol. The van der Waals surface area contributed by atoms with E-state index < -0.39 is 5.82 Å². The van der Waals surface area contributed by atoms with Gasteiger partial charge in [0, 0.05) is 37.4 Å². The Labute approximate surface area is 160 Å². The monoisotopic (exact) mass is 379 g/mol. The second kappa shape index (κ2) is 10.2. The molecule has 150 valence electrons. The highest BCUT2D eigenvalue weighted by atomic mass is 19.1. The van der Waals surface area contributed by atoms with Crippen molar-refractivity contribution in [3.05, 3.63) is 30.1 Å². The first kappa shape index (κ1) is 21.1. The van der Waals surface area contributed by atoms with Gasteiger partial charge in [0.05, 0.1) is 13.2 Å². The van der Waals surface area contributed by atoms with Gasteiger partial charge in [-0.05, 0) is 39.0 Å². The van der Waals surface area contributed by atoms with Gasteiger partial charge in [-0.2, -0.15) is 0 Å². The van der Waals surface area contributed by atoms with E-state index in [1.54, 1.807) is 12.1 Å². The van der Waals surface area contributed by atoms with E-state index in [1.165, 1.54) is 12.1 Å². The molecule has 1 heterocycles. The highest BCUT2D eigenvalue weighted by Gasteiger charge is 2.28. The standard InChI is InChI=1S/C19H30FN5O2/c1-4-21-18(23-14-19(2,3)25-8-10-27-11-9-25)22-13-17(26)24-16-7-5-6-15(20)12-16/h5-7,12H,4,8-11,13-14H2,1-3H3,(H,24,26)(H2,21,22,23). The second-order valence-corrected chi connectivity index (χ2v) is 7.02. The van der Waals surface area contributed by atoms with Crippen LogP contribution in [0.25, 0.3) is 0 Å². The Kier molecular flexibility index (Phi) is 7.99. The summed E-state index contributed by atoms with van der Waals surface area (Å²) in [6.45, 7) is 10.9. The minimum Gasteiger partial charge on any atom is -0.379 e. The van der Waals surface area contributed by atoms with Gasteiger partial charge in [-0.3, -0.25) is 9.69 Å². The fourth-order valence-electron chi connectivity index (χ4n) is 2.84. The molecule has 0 radical (unpaired) electrons. The normalized spacial score (nSPS) is 16.1. The Bertz CT molecular complexity index is 645. The number of benzene rings is 1. The van der Waals surface area contributed by atoms with E-state index >= 15 is 0 Å². The summed E-state index contributed by atoms with van der Waals surface area (Å²) in [5, 5.41) is 9.09. The average Bonchev–Trinajstić information content (AvgIpc) is 2.65. The van der Waals surface area contributed by atoms with Crippen LogP contribution in [0.2, 0.25) is 0 Å². The summed E-state index contributed by atoms with van der Waals surface area (Å²) >= 11 is 0. The number of amides is 1. The molecule has 3 N–H and O–H groups in total. The number of guanidine groups is 1. The molecule has 0 atom stereocenters. The van der Waals surface area contributed by atoms with Gasteiger partial charge in [0.2, 0.25) is 5.91 Å². The van der Waals surface area contributed by atoms with Gasteiger partial charge in [0.1, 0.15) is 12.4 Å². The van der Waals surface area contributed by atoms with Gasteiger partial charge < -0.3 is 20.7 Å². The molecular formula is C19H30FN5O2. The van der Waals surface area contributed by atoms with Gasteiger partial charge in [-0.15, -0.1) is 0 Å². The molecule has 1 aliphatic rings. The van der Waals surface area contributed by atoms with Gasteiger partial charge >= 0.3 is 0 Å². The van der Waals surface area contributed by atoms with Crippen molar-refractivity contribution in [1.29, 1.82) is 0 Å².